The van der Waals surface area contributed by atoms with Crippen LogP contribution < -0.4 is 10.6 Å². The first-order chi connectivity index (χ1) is 15.9. The molecule has 7 heteroatoms. The number of hydrogen-bond acceptors (Lipinski definition) is 4. The lowest BCUT2D eigenvalue weighted by Gasteiger charge is -2.35. The first kappa shape index (κ1) is 29.2. The Kier molecular flexibility index (Phi) is 11.8. The first-order valence-electron chi connectivity index (χ1n) is 12.2. The smallest absolute Gasteiger partial charge is 0.408 e. The summed E-state index contributed by atoms with van der Waals surface area (Å²) in [4.78, 5) is 41.1. The van der Waals surface area contributed by atoms with E-state index in [0.717, 1.165) is 24.8 Å². The lowest BCUT2D eigenvalue weighted by Crippen LogP contribution is -2.55. The van der Waals surface area contributed by atoms with E-state index in [1.54, 1.807) is 26.8 Å². The minimum absolute atomic E-state index is 0.152. The Labute approximate surface area is 205 Å². The summed E-state index contributed by atoms with van der Waals surface area (Å²) in [6.07, 6.45) is 3.85. The van der Waals surface area contributed by atoms with Crippen molar-refractivity contribution in [3.63, 3.8) is 0 Å². The minimum Gasteiger partial charge on any atom is -0.444 e. The molecular weight excluding hydrogens is 430 g/mol. The largest absolute Gasteiger partial charge is 0.444 e. The van der Waals surface area contributed by atoms with E-state index in [-0.39, 0.29) is 24.3 Å². The van der Waals surface area contributed by atoms with Gasteiger partial charge < -0.3 is 20.3 Å². The Morgan fingerprint density at radius 3 is 2.24 bits per heavy atom. The molecule has 7 nitrogen and oxygen atoms in total. The van der Waals surface area contributed by atoms with Gasteiger partial charge in [-0.05, 0) is 45.6 Å². The summed E-state index contributed by atoms with van der Waals surface area (Å²) in [5.74, 6) is -0.844. The second kappa shape index (κ2) is 13.8. The average molecular weight is 474 g/mol. The molecule has 1 aromatic carbocycles. The molecule has 190 valence electrons. The summed E-state index contributed by atoms with van der Waals surface area (Å²) < 4.78 is 5.37. The zero-order valence-corrected chi connectivity index (χ0v) is 21.9. The standard InChI is InChI=1S/C27H43N3O4/c1-9-11-12-17-28-24(31)23(21-15-13-20(5)14-16-21)30(18-10-2)25(32)22(19(3)4)29-26(33)34-27(6,7)8/h10,13-16,19,22-23H,2,9,11-12,17-18H2,1,3-8H3,(H,28,31)(H,29,33). The number of hydrogen-bond donors (Lipinski definition) is 2. The van der Waals surface area contributed by atoms with Crippen LogP contribution in [0.1, 0.15) is 78.0 Å². The second-order valence-electron chi connectivity index (χ2n) is 9.96. The number of carbonyl (C=O) groups is 3. The van der Waals surface area contributed by atoms with Crippen LogP contribution >= 0.6 is 0 Å². The predicted molar refractivity (Wildman–Crippen MR) is 136 cm³/mol. The highest BCUT2D eigenvalue weighted by molar-refractivity contribution is 5.92. The zero-order chi connectivity index (χ0) is 25.9. The molecule has 0 saturated heterocycles. The third kappa shape index (κ3) is 9.57. The fourth-order valence-electron chi connectivity index (χ4n) is 3.49. The lowest BCUT2D eigenvalue weighted by molar-refractivity contribution is -0.142. The quantitative estimate of drug-likeness (QED) is 0.334. The number of unbranched alkanes of at least 4 members (excludes halogenated alkanes) is 2. The maximum Gasteiger partial charge on any atom is 0.408 e. The molecule has 2 atom stereocenters. The van der Waals surface area contributed by atoms with Crippen LogP contribution in [0.15, 0.2) is 36.9 Å². The predicted octanol–water partition coefficient (Wildman–Crippen LogP) is 4.91. The number of benzene rings is 1. The number of ether oxygens (including phenoxy) is 1. The molecule has 34 heavy (non-hydrogen) atoms. The number of nitrogens with zero attached hydrogens (tertiary/aromatic N) is 1. The van der Waals surface area contributed by atoms with Gasteiger partial charge in [0.15, 0.2) is 0 Å². The summed E-state index contributed by atoms with van der Waals surface area (Å²) in [7, 11) is 0. The van der Waals surface area contributed by atoms with Crippen molar-refractivity contribution >= 4 is 17.9 Å². The van der Waals surface area contributed by atoms with Crippen molar-refractivity contribution in [2.24, 2.45) is 5.92 Å². The molecular formula is C27H43N3O4. The van der Waals surface area contributed by atoms with Crippen molar-refractivity contribution < 1.29 is 19.1 Å². The van der Waals surface area contributed by atoms with Crippen molar-refractivity contribution in [1.82, 2.24) is 15.5 Å². The number of carbonyl (C=O) groups excluding carboxylic acids is 3. The van der Waals surface area contributed by atoms with E-state index in [0.29, 0.717) is 12.1 Å². The van der Waals surface area contributed by atoms with E-state index in [4.69, 9.17) is 4.74 Å². The van der Waals surface area contributed by atoms with Gasteiger partial charge in [0.05, 0.1) is 0 Å². The minimum atomic E-state index is -0.865. The van der Waals surface area contributed by atoms with E-state index >= 15 is 0 Å². The van der Waals surface area contributed by atoms with Crippen LogP contribution in [-0.4, -0.2) is 47.5 Å². The van der Waals surface area contributed by atoms with Crippen molar-refractivity contribution in [1.29, 1.82) is 0 Å². The van der Waals surface area contributed by atoms with Crippen LogP contribution in [-0.2, 0) is 14.3 Å². The van der Waals surface area contributed by atoms with E-state index < -0.39 is 23.8 Å². The molecule has 0 aromatic heterocycles. The van der Waals surface area contributed by atoms with Crippen LogP contribution in [0.4, 0.5) is 4.79 Å². The molecule has 3 amide bonds. The highest BCUT2D eigenvalue weighted by atomic mass is 16.6. The number of amides is 3. The Balaban J connectivity index is 3.31. The monoisotopic (exact) mass is 473 g/mol. The van der Waals surface area contributed by atoms with Gasteiger partial charge >= 0.3 is 6.09 Å². The van der Waals surface area contributed by atoms with Crippen LogP contribution in [0, 0.1) is 12.8 Å². The molecule has 0 spiro atoms. The van der Waals surface area contributed by atoms with Crippen molar-refractivity contribution in [2.45, 2.75) is 85.4 Å². The Bertz CT molecular complexity index is 812. The Morgan fingerprint density at radius 2 is 1.74 bits per heavy atom. The van der Waals surface area contributed by atoms with Crippen molar-refractivity contribution in [2.75, 3.05) is 13.1 Å². The highest BCUT2D eigenvalue weighted by Crippen LogP contribution is 2.24. The highest BCUT2D eigenvalue weighted by Gasteiger charge is 2.36. The molecule has 1 aromatic rings. The summed E-state index contributed by atoms with van der Waals surface area (Å²) in [6.45, 7) is 17.5. The summed E-state index contributed by atoms with van der Waals surface area (Å²) in [6, 6.07) is 5.84. The molecule has 0 aliphatic rings. The third-order valence-electron chi connectivity index (χ3n) is 5.25. The lowest BCUT2D eigenvalue weighted by atomic mass is 9.98. The summed E-state index contributed by atoms with van der Waals surface area (Å²) in [5, 5.41) is 5.69. The van der Waals surface area contributed by atoms with Gasteiger partial charge in [-0.3, -0.25) is 9.59 Å². The Morgan fingerprint density at radius 1 is 1.12 bits per heavy atom. The maximum atomic E-state index is 13.8. The van der Waals surface area contributed by atoms with Gasteiger partial charge in [-0.25, -0.2) is 4.79 Å². The van der Waals surface area contributed by atoms with E-state index in [1.807, 2.05) is 45.0 Å². The van der Waals surface area contributed by atoms with Crippen LogP contribution in [0.3, 0.4) is 0 Å². The maximum absolute atomic E-state index is 13.8. The van der Waals surface area contributed by atoms with Gasteiger partial charge in [-0.15, -0.1) is 6.58 Å². The zero-order valence-electron chi connectivity index (χ0n) is 21.9. The molecule has 0 radical (unpaired) electrons. The second-order valence-corrected chi connectivity index (χ2v) is 9.96. The third-order valence-corrected chi connectivity index (χ3v) is 5.25. The van der Waals surface area contributed by atoms with Gasteiger partial charge in [-0.1, -0.05) is 69.5 Å². The number of alkyl carbamates (subject to hydrolysis) is 1. The van der Waals surface area contributed by atoms with Crippen molar-refractivity contribution in [3.8, 4) is 0 Å². The fourth-order valence-corrected chi connectivity index (χ4v) is 3.49. The SMILES string of the molecule is C=CCN(C(=O)C(NC(=O)OC(C)(C)C)C(C)C)C(C(=O)NCCCCC)c1ccc(C)cc1. The molecule has 0 bridgehead atoms. The normalized spacial score (nSPS) is 13.1. The van der Waals surface area contributed by atoms with Gasteiger partial charge in [0, 0.05) is 13.1 Å². The number of nitrogens with one attached hydrogen (secondary N) is 2. The Hall–Kier alpha value is -2.83. The number of rotatable bonds is 12. The van der Waals surface area contributed by atoms with Crippen LogP contribution in [0.2, 0.25) is 0 Å². The van der Waals surface area contributed by atoms with Gasteiger partial charge in [0.1, 0.15) is 17.7 Å². The summed E-state index contributed by atoms with van der Waals surface area (Å²) >= 11 is 0. The van der Waals surface area contributed by atoms with Gasteiger partial charge in [-0.2, -0.15) is 0 Å². The summed E-state index contributed by atoms with van der Waals surface area (Å²) in [5.41, 5.74) is 1.06. The van der Waals surface area contributed by atoms with Gasteiger partial charge in [0.25, 0.3) is 0 Å². The average Bonchev–Trinajstić information content (AvgIpc) is 2.74. The fraction of sp³-hybridized carbons (Fsp3) is 0.593. The molecule has 0 aliphatic carbocycles. The molecule has 1 rings (SSSR count). The first-order valence-corrected chi connectivity index (χ1v) is 12.2. The van der Waals surface area contributed by atoms with Crippen LogP contribution in [0.5, 0.6) is 0 Å². The van der Waals surface area contributed by atoms with Crippen molar-refractivity contribution in [3.05, 3.63) is 48.0 Å². The molecule has 0 saturated carbocycles. The molecule has 0 aliphatic heterocycles. The van der Waals surface area contributed by atoms with Gasteiger partial charge in [0.2, 0.25) is 11.8 Å². The molecule has 0 heterocycles. The van der Waals surface area contributed by atoms with E-state index in [9.17, 15) is 14.4 Å². The van der Waals surface area contributed by atoms with E-state index in [2.05, 4.69) is 24.1 Å². The molecule has 2 N–H and O–H groups in total. The number of aryl methyl sites for hydroxylation is 1. The van der Waals surface area contributed by atoms with Crippen LogP contribution in [0.25, 0.3) is 0 Å². The van der Waals surface area contributed by atoms with E-state index in [1.165, 1.54) is 4.90 Å². The topological polar surface area (TPSA) is 87.7 Å². The molecule has 0 fully saturated rings. The molecule has 2 unspecified atom stereocenters.